The largest absolute Gasteiger partial charge is 0.484 e. The molecule has 1 saturated carbocycles. The van der Waals surface area contributed by atoms with Gasteiger partial charge in [-0.15, -0.1) is 0 Å². The van der Waals surface area contributed by atoms with E-state index in [1.54, 1.807) is 24.3 Å². The number of carboxylic acid groups (broad SMARTS) is 1. The van der Waals surface area contributed by atoms with Gasteiger partial charge in [0.05, 0.1) is 6.54 Å². The van der Waals surface area contributed by atoms with E-state index in [0.29, 0.717) is 5.75 Å². The lowest BCUT2D eigenvalue weighted by atomic mass is 10.3. The van der Waals surface area contributed by atoms with Crippen LogP contribution in [-0.4, -0.2) is 53.5 Å². The predicted octanol–water partition coefficient (Wildman–Crippen LogP) is 0.257. The summed E-state index contributed by atoms with van der Waals surface area (Å²) in [6.45, 7) is -0.750. The van der Waals surface area contributed by atoms with Crippen LogP contribution in [0.5, 0.6) is 5.75 Å². The summed E-state index contributed by atoms with van der Waals surface area (Å²) in [6, 6.07) is 8.84. The smallest absolute Gasteiger partial charge is 0.323 e. The van der Waals surface area contributed by atoms with Gasteiger partial charge in [0.1, 0.15) is 12.3 Å². The van der Waals surface area contributed by atoms with Crippen LogP contribution >= 0.6 is 0 Å². The van der Waals surface area contributed by atoms with Crippen molar-refractivity contribution in [2.75, 3.05) is 19.7 Å². The van der Waals surface area contributed by atoms with E-state index >= 15 is 0 Å². The monoisotopic (exact) mass is 306 g/mol. The Bertz CT molecular complexity index is 542. The van der Waals surface area contributed by atoms with E-state index in [1.807, 2.05) is 6.07 Å². The summed E-state index contributed by atoms with van der Waals surface area (Å²) in [6.07, 6.45) is 1.62. The molecule has 2 N–H and O–H groups in total. The second kappa shape index (κ2) is 7.44. The third-order valence-corrected chi connectivity index (χ3v) is 3.16. The third-order valence-electron chi connectivity index (χ3n) is 3.16. The van der Waals surface area contributed by atoms with Crippen molar-refractivity contribution in [1.29, 1.82) is 0 Å². The zero-order chi connectivity index (χ0) is 15.9. The van der Waals surface area contributed by atoms with Crippen LogP contribution in [0.2, 0.25) is 0 Å². The summed E-state index contributed by atoms with van der Waals surface area (Å²) < 4.78 is 5.25. The fourth-order valence-corrected chi connectivity index (χ4v) is 1.95. The fraction of sp³-hybridized carbons (Fsp3) is 0.400. The van der Waals surface area contributed by atoms with Gasteiger partial charge in [-0.25, -0.2) is 0 Å². The molecule has 118 valence electrons. The van der Waals surface area contributed by atoms with Crippen LogP contribution in [-0.2, 0) is 14.4 Å². The number of benzene rings is 1. The minimum Gasteiger partial charge on any atom is -0.484 e. The first kappa shape index (κ1) is 15.8. The molecule has 0 saturated heterocycles. The minimum atomic E-state index is -1.06. The molecule has 0 heterocycles. The molecule has 2 rings (SSSR count). The van der Waals surface area contributed by atoms with Gasteiger partial charge >= 0.3 is 5.97 Å². The highest BCUT2D eigenvalue weighted by molar-refractivity contribution is 5.87. The molecule has 1 aromatic carbocycles. The van der Waals surface area contributed by atoms with Crippen LogP contribution in [0, 0.1) is 0 Å². The number of hydrogen-bond donors (Lipinski definition) is 2. The molecule has 7 nitrogen and oxygen atoms in total. The lowest BCUT2D eigenvalue weighted by molar-refractivity contribution is -0.144. The third kappa shape index (κ3) is 5.08. The number of amides is 2. The Balaban J connectivity index is 1.72. The Labute approximate surface area is 127 Å². The molecule has 0 unspecified atom stereocenters. The summed E-state index contributed by atoms with van der Waals surface area (Å²) in [5, 5.41) is 11.2. The number of aliphatic carboxylic acids is 1. The van der Waals surface area contributed by atoms with Crippen LogP contribution in [0.25, 0.3) is 0 Å². The van der Waals surface area contributed by atoms with Crippen molar-refractivity contribution in [3.63, 3.8) is 0 Å². The maximum absolute atomic E-state index is 11.9. The molecule has 1 fully saturated rings. The van der Waals surface area contributed by atoms with Gasteiger partial charge in [-0.05, 0) is 25.0 Å². The van der Waals surface area contributed by atoms with Crippen molar-refractivity contribution in [2.24, 2.45) is 0 Å². The number of carbonyl (C=O) groups is 3. The molecule has 0 aromatic heterocycles. The number of carboxylic acids is 1. The molecular formula is C15H18N2O5. The average molecular weight is 306 g/mol. The van der Waals surface area contributed by atoms with Gasteiger partial charge in [-0.2, -0.15) is 0 Å². The minimum absolute atomic E-state index is 0.0129. The Morgan fingerprint density at radius 2 is 1.91 bits per heavy atom. The highest BCUT2D eigenvalue weighted by atomic mass is 16.5. The number of para-hydroxylation sites is 1. The van der Waals surface area contributed by atoms with Crippen LogP contribution in [0.4, 0.5) is 0 Å². The molecular weight excluding hydrogens is 288 g/mol. The first-order chi connectivity index (χ1) is 10.6. The van der Waals surface area contributed by atoms with E-state index in [9.17, 15) is 14.4 Å². The van der Waals surface area contributed by atoms with E-state index in [-0.39, 0.29) is 25.7 Å². The first-order valence-electron chi connectivity index (χ1n) is 7.02. The molecule has 1 aromatic rings. The number of ether oxygens (including phenoxy) is 1. The highest BCUT2D eigenvalue weighted by Crippen LogP contribution is 2.26. The van der Waals surface area contributed by atoms with E-state index < -0.39 is 17.8 Å². The topological polar surface area (TPSA) is 95.9 Å². The molecule has 0 radical (unpaired) electrons. The molecule has 0 aliphatic heterocycles. The van der Waals surface area contributed by atoms with Gasteiger partial charge < -0.3 is 20.1 Å². The molecule has 7 heteroatoms. The van der Waals surface area contributed by atoms with E-state index in [4.69, 9.17) is 9.84 Å². The molecule has 22 heavy (non-hydrogen) atoms. The predicted molar refractivity (Wildman–Crippen MR) is 77.3 cm³/mol. The van der Waals surface area contributed by atoms with Gasteiger partial charge in [0.25, 0.3) is 5.91 Å². The van der Waals surface area contributed by atoms with Gasteiger partial charge in [-0.1, -0.05) is 18.2 Å². The molecule has 0 bridgehead atoms. The van der Waals surface area contributed by atoms with Crippen molar-refractivity contribution in [2.45, 2.75) is 18.9 Å². The maximum atomic E-state index is 11.9. The summed E-state index contributed by atoms with van der Waals surface area (Å²) in [4.78, 5) is 35.6. The lowest BCUT2D eigenvalue weighted by Gasteiger charge is -2.20. The normalized spacial score (nSPS) is 13.3. The Hall–Kier alpha value is -2.57. The first-order valence-corrected chi connectivity index (χ1v) is 7.02. The van der Waals surface area contributed by atoms with Crippen molar-refractivity contribution < 1.29 is 24.2 Å². The zero-order valence-corrected chi connectivity index (χ0v) is 12.0. The number of rotatable bonds is 8. The summed E-state index contributed by atoms with van der Waals surface area (Å²) in [5.41, 5.74) is 0. The Kier molecular flexibility index (Phi) is 5.35. The van der Waals surface area contributed by atoms with Gasteiger partial charge in [-0.3, -0.25) is 14.4 Å². The summed E-state index contributed by atoms with van der Waals surface area (Å²) >= 11 is 0. The SMILES string of the molecule is O=C(O)CN(C(=O)CNC(=O)COc1ccccc1)C1CC1. The van der Waals surface area contributed by atoms with Crippen LogP contribution in [0.15, 0.2) is 30.3 Å². The molecule has 0 atom stereocenters. The standard InChI is InChI=1S/C15H18N2O5/c18-13(10-22-12-4-2-1-3-5-12)16-8-14(19)17(9-15(20)21)11-6-7-11/h1-5,11H,6-10H2,(H,16,18)(H,20,21). The highest BCUT2D eigenvalue weighted by Gasteiger charge is 2.33. The van der Waals surface area contributed by atoms with Crippen molar-refractivity contribution in [3.8, 4) is 5.75 Å². The van der Waals surface area contributed by atoms with Gasteiger partial charge in [0, 0.05) is 6.04 Å². The van der Waals surface area contributed by atoms with Gasteiger partial charge in [0.15, 0.2) is 6.61 Å². The number of hydrogen-bond acceptors (Lipinski definition) is 4. The average Bonchev–Trinajstić information content (AvgIpc) is 3.33. The number of carbonyl (C=O) groups excluding carboxylic acids is 2. The second-order valence-corrected chi connectivity index (χ2v) is 5.03. The maximum Gasteiger partial charge on any atom is 0.323 e. The Morgan fingerprint density at radius 3 is 2.50 bits per heavy atom. The van der Waals surface area contributed by atoms with Gasteiger partial charge in [0.2, 0.25) is 5.91 Å². The summed E-state index contributed by atoms with van der Waals surface area (Å²) in [7, 11) is 0. The van der Waals surface area contributed by atoms with Crippen LogP contribution < -0.4 is 10.1 Å². The Morgan fingerprint density at radius 1 is 1.23 bits per heavy atom. The van der Waals surface area contributed by atoms with Crippen LogP contribution in [0.1, 0.15) is 12.8 Å². The molecule has 1 aliphatic rings. The van der Waals surface area contributed by atoms with Crippen LogP contribution in [0.3, 0.4) is 0 Å². The molecule has 1 aliphatic carbocycles. The number of nitrogens with zero attached hydrogens (tertiary/aromatic N) is 1. The lowest BCUT2D eigenvalue weighted by Crippen LogP contribution is -2.44. The number of nitrogens with one attached hydrogen (secondary N) is 1. The zero-order valence-electron chi connectivity index (χ0n) is 12.0. The molecule has 2 amide bonds. The fourth-order valence-electron chi connectivity index (χ4n) is 1.95. The van der Waals surface area contributed by atoms with Crippen molar-refractivity contribution >= 4 is 17.8 Å². The quantitative estimate of drug-likeness (QED) is 0.718. The summed E-state index contributed by atoms with van der Waals surface area (Å²) in [5.74, 6) is -1.31. The molecule has 0 spiro atoms. The van der Waals surface area contributed by atoms with Crippen molar-refractivity contribution in [3.05, 3.63) is 30.3 Å². The van der Waals surface area contributed by atoms with E-state index in [2.05, 4.69) is 5.32 Å². The van der Waals surface area contributed by atoms with E-state index in [0.717, 1.165) is 12.8 Å². The second-order valence-electron chi connectivity index (χ2n) is 5.03. The van der Waals surface area contributed by atoms with Crippen molar-refractivity contribution in [1.82, 2.24) is 10.2 Å². The van der Waals surface area contributed by atoms with E-state index in [1.165, 1.54) is 4.90 Å².